The number of methoxy groups -OCH3 is 1. The first-order valence-corrected chi connectivity index (χ1v) is 6.51. The minimum absolute atomic E-state index is 0.158. The van der Waals surface area contributed by atoms with Crippen LogP contribution in [0.4, 0.5) is 0 Å². The van der Waals surface area contributed by atoms with E-state index in [9.17, 15) is 0 Å². The molecule has 1 N–H and O–H groups in total. The number of H-pyrrole nitrogens is 1. The lowest BCUT2D eigenvalue weighted by molar-refractivity contribution is 0.217. The van der Waals surface area contributed by atoms with Gasteiger partial charge in [0.15, 0.2) is 6.10 Å². The van der Waals surface area contributed by atoms with Crippen LogP contribution in [-0.2, 0) is 0 Å². The van der Waals surface area contributed by atoms with Gasteiger partial charge >= 0.3 is 0 Å². The normalized spacial score (nSPS) is 12.3. The van der Waals surface area contributed by atoms with Gasteiger partial charge in [0.2, 0.25) is 0 Å². The smallest absolute Gasteiger partial charge is 0.153 e. The van der Waals surface area contributed by atoms with Crippen LogP contribution in [0.5, 0.6) is 11.5 Å². The number of hydrogen-bond acceptors (Lipinski definition) is 3. The van der Waals surface area contributed by atoms with Gasteiger partial charge in [-0.15, -0.1) is 0 Å². The molecule has 0 saturated heterocycles. The number of para-hydroxylation sites is 2. The predicted octanol–water partition coefficient (Wildman–Crippen LogP) is 3.71. The number of rotatable bonds is 4. The van der Waals surface area contributed by atoms with Crippen molar-refractivity contribution >= 4 is 11.0 Å². The highest BCUT2D eigenvalue weighted by atomic mass is 16.5. The van der Waals surface area contributed by atoms with Crippen LogP contribution >= 0.6 is 0 Å². The Balaban J connectivity index is 1.82. The van der Waals surface area contributed by atoms with Crippen molar-refractivity contribution in [2.24, 2.45) is 0 Å². The van der Waals surface area contributed by atoms with Gasteiger partial charge in [0.25, 0.3) is 0 Å². The molecule has 0 aliphatic carbocycles. The molecule has 0 saturated carbocycles. The third-order valence-corrected chi connectivity index (χ3v) is 3.15. The molecule has 102 valence electrons. The highest BCUT2D eigenvalue weighted by Crippen LogP contribution is 2.25. The molecular formula is C16H16N2O2. The van der Waals surface area contributed by atoms with Crippen LogP contribution in [0.25, 0.3) is 11.0 Å². The molecule has 0 amide bonds. The molecule has 0 spiro atoms. The monoisotopic (exact) mass is 268 g/mol. The summed E-state index contributed by atoms with van der Waals surface area (Å²) in [7, 11) is 1.64. The van der Waals surface area contributed by atoms with Crippen LogP contribution in [0.2, 0.25) is 0 Å². The van der Waals surface area contributed by atoms with E-state index < -0.39 is 0 Å². The summed E-state index contributed by atoms with van der Waals surface area (Å²) in [4.78, 5) is 7.82. The number of nitrogens with zero attached hydrogens (tertiary/aromatic N) is 1. The minimum atomic E-state index is -0.158. The maximum Gasteiger partial charge on any atom is 0.153 e. The third kappa shape index (κ3) is 2.45. The third-order valence-electron chi connectivity index (χ3n) is 3.15. The highest BCUT2D eigenvalue weighted by molar-refractivity contribution is 5.74. The number of hydrogen-bond donors (Lipinski definition) is 1. The molecule has 20 heavy (non-hydrogen) atoms. The summed E-state index contributed by atoms with van der Waals surface area (Å²) in [5.41, 5.74) is 1.96. The zero-order valence-corrected chi connectivity index (χ0v) is 11.5. The lowest BCUT2D eigenvalue weighted by atomic mass is 10.3. The molecule has 1 atom stereocenters. The van der Waals surface area contributed by atoms with Crippen LogP contribution in [-0.4, -0.2) is 17.1 Å². The quantitative estimate of drug-likeness (QED) is 0.784. The fraction of sp³-hybridized carbons (Fsp3) is 0.188. The van der Waals surface area contributed by atoms with Gasteiger partial charge in [-0.05, 0) is 31.2 Å². The van der Waals surface area contributed by atoms with Crippen molar-refractivity contribution in [3.8, 4) is 11.5 Å². The minimum Gasteiger partial charge on any atom is -0.497 e. The van der Waals surface area contributed by atoms with E-state index in [-0.39, 0.29) is 6.10 Å². The molecular weight excluding hydrogens is 252 g/mol. The number of fused-ring (bicyclic) bond motifs is 1. The summed E-state index contributed by atoms with van der Waals surface area (Å²) in [5, 5.41) is 0. The van der Waals surface area contributed by atoms with E-state index in [0.717, 1.165) is 28.4 Å². The standard InChI is InChI=1S/C16H16N2O2/c1-11(20-13-7-5-6-12(10-13)19-2)16-17-14-8-3-4-9-15(14)18-16/h3-11H,1-2H3,(H,17,18). The maximum atomic E-state index is 5.90. The zero-order valence-electron chi connectivity index (χ0n) is 11.5. The fourth-order valence-corrected chi connectivity index (χ4v) is 2.10. The average molecular weight is 268 g/mol. The summed E-state index contributed by atoms with van der Waals surface area (Å²) in [5.74, 6) is 2.35. The van der Waals surface area contributed by atoms with E-state index in [2.05, 4.69) is 9.97 Å². The van der Waals surface area contributed by atoms with Gasteiger partial charge in [-0.1, -0.05) is 18.2 Å². The van der Waals surface area contributed by atoms with Gasteiger partial charge in [0, 0.05) is 6.07 Å². The largest absolute Gasteiger partial charge is 0.497 e. The summed E-state index contributed by atoms with van der Waals surface area (Å²) in [6.45, 7) is 1.97. The first-order valence-electron chi connectivity index (χ1n) is 6.51. The van der Waals surface area contributed by atoms with E-state index >= 15 is 0 Å². The number of aromatic nitrogens is 2. The van der Waals surface area contributed by atoms with Crippen molar-refractivity contribution in [1.29, 1.82) is 0 Å². The number of benzene rings is 2. The van der Waals surface area contributed by atoms with Crippen molar-refractivity contribution < 1.29 is 9.47 Å². The first kappa shape index (κ1) is 12.5. The van der Waals surface area contributed by atoms with Crippen LogP contribution in [0.15, 0.2) is 48.5 Å². The van der Waals surface area contributed by atoms with E-state index in [1.54, 1.807) is 7.11 Å². The molecule has 4 heteroatoms. The SMILES string of the molecule is COc1cccc(OC(C)c2nc3ccccc3[nH]2)c1. The van der Waals surface area contributed by atoms with Crippen LogP contribution < -0.4 is 9.47 Å². The van der Waals surface area contributed by atoms with E-state index in [1.807, 2.05) is 55.5 Å². The van der Waals surface area contributed by atoms with E-state index in [1.165, 1.54) is 0 Å². The molecule has 0 aliphatic heterocycles. The van der Waals surface area contributed by atoms with Crippen LogP contribution in [0, 0.1) is 0 Å². The Kier molecular flexibility index (Phi) is 3.29. The Hall–Kier alpha value is -2.49. The summed E-state index contributed by atoms with van der Waals surface area (Å²) < 4.78 is 11.1. The second-order valence-electron chi connectivity index (χ2n) is 4.58. The Morgan fingerprint density at radius 3 is 2.65 bits per heavy atom. The number of aromatic amines is 1. The Bertz CT molecular complexity index is 688. The molecule has 4 nitrogen and oxygen atoms in total. The first-order chi connectivity index (χ1) is 9.76. The van der Waals surface area contributed by atoms with Crippen LogP contribution in [0.1, 0.15) is 18.9 Å². The molecule has 1 unspecified atom stereocenters. The van der Waals surface area contributed by atoms with Gasteiger partial charge in [0.05, 0.1) is 18.1 Å². The molecule has 0 bridgehead atoms. The molecule has 3 rings (SSSR count). The zero-order chi connectivity index (χ0) is 13.9. The Morgan fingerprint density at radius 2 is 1.85 bits per heavy atom. The van der Waals surface area contributed by atoms with Gasteiger partial charge in [-0.3, -0.25) is 0 Å². The maximum absolute atomic E-state index is 5.90. The van der Waals surface area contributed by atoms with Crippen LogP contribution in [0.3, 0.4) is 0 Å². The Labute approximate surface area is 117 Å². The summed E-state index contributed by atoms with van der Waals surface area (Å²) >= 11 is 0. The Morgan fingerprint density at radius 1 is 1.05 bits per heavy atom. The second kappa shape index (κ2) is 5.25. The average Bonchev–Trinajstić information content (AvgIpc) is 2.91. The van der Waals surface area contributed by atoms with Crippen molar-refractivity contribution in [2.45, 2.75) is 13.0 Å². The number of nitrogens with one attached hydrogen (secondary N) is 1. The molecule has 0 aliphatic rings. The second-order valence-corrected chi connectivity index (χ2v) is 4.58. The van der Waals surface area contributed by atoms with Gasteiger partial charge < -0.3 is 14.5 Å². The molecule has 3 aromatic rings. The summed E-state index contributed by atoms with van der Waals surface area (Å²) in [6.07, 6.45) is -0.158. The molecule has 0 radical (unpaired) electrons. The molecule has 1 heterocycles. The topological polar surface area (TPSA) is 47.1 Å². The van der Waals surface area contributed by atoms with Gasteiger partial charge in [0.1, 0.15) is 17.3 Å². The van der Waals surface area contributed by atoms with Crippen molar-refractivity contribution in [3.05, 3.63) is 54.4 Å². The lowest BCUT2D eigenvalue weighted by Gasteiger charge is -2.13. The number of imidazole rings is 1. The van der Waals surface area contributed by atoms with Gasteiger partial charge in [-0.2, -0.15) is 0 Å². The molecule has 2 aromatic carbocycles. The van der Waals surface area contributed by atoms with Crippen molar-refractivity contribution in [3.63, 3.8) is 0 Å². The predicted molar refractivity (Wildman–Crippen MR) is 78.1 cm³/mol. The van der Waals surface area contributed by atoms with Crippen molar-refractivity contribution in [2.75, 3.05) is 7.11 Å². The van der Waals surface area contributed by atoms with Crippen molar-refractivity contribution in [1.82, 2.24) is 9.97 Å². The lowest BCUT2D eigenvalue weighted by Crippen LogP contribution is -2.05. The van der Waals surface area contributed by atoms with Gasteiger partial charge in [-0.25, -0.2) is 4.98 Å². The van der Waals surface area contributed by atoms with E-state index in [4.69, 9.17) is 9.47 Å². The fourth-order valence-electron chi connectivity index (χ4n) is 2.10. The summed E-state index contributed by atoms with van der Waals surface area (Å²) in [6, 6.07) is 15.5. The van der Waals surface area contributed by atoms with E-state index in [0.29, 0.717) is 0 Å². The highest BCUT2D eigenvalue weighted by Gasteiger charge is 2.12. The molecule has 0 fully saturated rings. The number of ether oxygens (including phenoxy) is 2. The molecule has 1 aromatic heterocycles.